The normalized spacial score (nSPS) is 13.1. The second-order valence-corrected chi connectivity index (χ2v) is 5.26. The van der Waals surface area contributed by atoms with Crippen LogP contribution in [0.5, 0.6) is 0 Å². The molecule has 0 aromatic heterocycles. The first-order valence-electron chi connectivity index (χ1n) is 6.77. The van der Waals surface area contributed by atoms with Gasteiger partial charge in [-0.15, -0.1) is 0 Å². The Morgan fingerprint density at radius 1 is 0.900 bits per heavy atom. The van der Waals surface area contributed by atoms with Crippen molar-refractivity contribution >= 4 is 0 Å². The van der Waals surface area contributed by atoms with Crippen LogP contribution in [0.4, 0.5) is 0 Å². The molecule has 1 nitrogen and oxygen atoms in total. The summed E-state index contributed by atoms with van der Waals surface area (Å²) in [5.41, 5.74) is 2.75. The number of nitrogens with zero attached hydrogens (tertiary/aromatic N) is 1. The molecule has 0 N–H and O–H groups in total. The van der Waals surface area contributed by atoms with Gasteiger partial charge in [0.15, 0.2) is 0 Å². The Balaban J connectivity index is 0.00000200. The SMILES string of the molecule is C=C[N+](C)(CCc1ccccc1)Cc1ccccc1.[Cl-]. The molecule has 0 aliphatic carbocycles. The van der Waals surface area contributed by atoms with Gasteiger partial charge in [0, 0.05) is 12.0 Å². The van der Waals surface area contributed by atoms with Gasteiger partial charge in [0.25, 0.3) is 0 Å². The van der Waals surface area contributed by atoms with Crippen molar-refractivity contribution < 1.29 is 16.9 Å². The van der Waals surface area contributed by atoms with E-state index in [2.05, 4.69) is 80.5 Å². The highest BCUT2D eigenvalue weighted by Gasteiger charge is 2.18. The molecule has 0 aliphatic rings. The van der Waals surface area contributed by atoms with Crippen molar-refractivity contribution in [2.24, 2.45) is 0 Å². The molecule has 2 heteroatoms. The van der Waals surface area contributed by atoms with E-state index in [1.165, 1.54) is 11.1 Å². The quantitative estimate of drug-likeness (QED) is 0.696. The highest BCUT2D eigenvalue weighted by atomic mass is 35.5. The van der Waals surface area contributed by atoms with Crippen molar-refractivity contribution in [1.82, 2.24) is 0 Å². The minimum Gasteiger partial charge on any atom is -1.00 e. The summed E-state index contributed by atoms with van der Waals surface area (Å²) in [6, 6.07) is 21.3. The number of hydrogen-bond donors (Lipinski definition) is 0. The summed E-state index contributed by atoms with van der Waals surface area (Å²) in [4.78, 5) is 0. The number of rotatable bonds is 6. The van der Waals surface area contributed by atoms with Crippen LogP contribution in [0, 0.1) is 0 Å². The van der Waals surface area contributed by atoms with Gasteiger partial charge in [-0.05, 0) is 12.1 Å². The van der Waals surface area contributed by atoms with Crippen LogP contribution < -0.4 is 12.4 Å². The van der Waals surface area contributed by atoms with Crippen LogP contribution in [-0.2, 0) is 13.0 Å². The minimum atomic E-state index is 0. The summed E-state index contributed by atoms with van der Waals surface area (Å²) < 4.78 is 0.860. The minimum absolute atomic E-state index is 0. The summed E-state index contributed by atoms with van der Waals surface area (Å²) in [5.74, 6) is 0. The molecule has 0 saturated carbocycles. The van der Waals surface area contributed by atoms with Crippen molar-refractivity contribution in [2.75, 3.05) is 13.6 Å². The first-order chi connectivity index (χ1) is 9.22. The fraction of sp³-hybridized carbons (Fsp3) is 0.222. The Labute approximate surface area is 128 Å². The van der Waals surface area contributed by atoms with Crippen LogP contribution in [0.1, 0.15) is 11.1 Å². The van der Waals surface area contributed by atoms with E-state index in [1.54, 1.807) is 0 Å². The number of quaternary nitrogens is 1. The number of halogens is 1. The van der Waals surface area contributed by atoms with Crippen molar-refractivity contribution in [1.29, 1.82) is 0 Å². The maximum absolute atomic E-state index is 4.01. The predicted molar refractivity (Wildman–Crippen MR) is 81.5 cm³/mol. The Bertz CT molecular complexity index is 509. The van der Waals surface area contributed by atoms with Crippen LogP contribution in [0.3, 0.4) is 0 Å². The summed E-state index contributed by atoms with van der Waals surface area (Å²) in [5, 5.41) is 0. The fourth-order valence-electron chi connectivity index (χ4n) is 2.26. The summed E-state index contributed by atoms with van der Waals surface area (Å²) >= 11 is 0. The lowest BCUT2D eigenvalue weighted by Gasteiger charge is -2.30. The monoisotopic (exact) mass is 287 g/mol. The maximum Gasteiger partial charge on any atom is 0.108 e. The molecular weight excluding hydrogens is 266 g/mol. The van der Waals surface area contributed by atoms with Gasteiger partial charge in [-0.2, -0.15) is 0 Å². The number of hydrogen-bond acceptors (Lipinski definition) is 0. The number of likely N-dealkylation sites (N-methyl/N-ethyl adjacent to an activating group) is 1. The van der Waals surface area contributed by atoms with Gasteiger partial charge in [0.05, 0.1) is 19.8 Å². The second kappa shape index (κ2) is 7.88. The molecular formula is C18H22ClN. The Morgan fingerprint density at radius 3 is 1.90 bits per heavy atom. The summed E-state index contributed by atoms with van der Waals surface area (Å²) in [6.45, 7) is 6.08. The maximum atomic E-state index is 4.01. The van der Waals surface area contributed by atoms with E-state index < -0.39 is 0 Å². The standard InChI is InChI=1S/C18H22N.ClH/c1-3-19(2,16-18-12-8-5-9-13-18)15-14-17-10-6-4-7-11-17;/h3-13H,1,14-16H2,2H3;1H/q+1;/p-1. The van der Waals surface area contributed by atoms with Crippen LogP contribution in [0.15, 0.2) is 73.4 Å². The molecule has 0 saturated heterocycles. The molecule has 106 valence electrons. The van der Waals surface area contributed by atoms with Crippen molar-refractivity contribution in [3.63, 3.8) is 0 Å². The second-order valence-electron chi connectivity index (χ2n) is 5.26. The molecule has 20 heavy (non-hydrogen) atoms. The van der Waals surface area contributed by atoms with E-state index in [1.807, 2.05) is 0 Å². The van der Waals surface area contributed by atoms with Gasteiger partial charge >= 0.3 is 0 Å². The average molecular weight is 288 g/mol. The van der Waals surface area contributed by atoms with E-state index in [9.17, 15) is 0 Å². The molecule has 2 rings (SSSR count). The van der Waals surface area contributed by atoms with E-state index in [4.69, 9.17) is 0 Å². The third kappa shape index (κ3) is 4.84. The summed E-state index contributed by atoms with van der Waals surface area (Å²) in [6.07, 6.45) is 3.13. The lowest BCUT2D eigenvalue weighted by molar-refractivity contribution is -0.872. The van der Waals surface area contributed by atoms with Crippen molar-refractivity contribution in [3.05, 3.63) is 84.6 Å². The van der Waals surface area contributed by atoms with E-state index in [-0.39, 0.29) is 12.4 Å². The largest absolute Gasteiger partial charge is 1.00 e. The molecule has 2 aromatic rings. The fourth-order valence-corrected chi connectivity index (χ4v) is 2.26. The lowest BCUT2D eigenvalue weighted by Crippen LogP contribution is -3.00. The van der Waals surface area contributed by atoms with Gasteiger partial charge in [-0.25, -0.2) is 0 Å². The van der Waals surface area contributed by atoms with E-state index >= 15 is 0 Å². The molecule has 1 unspecified atom stereocenters. The molecule has 0 fully saturated rings. The molecule has 0 radical (unpaired) electrons. The van der Waals surface area contributed by atoms with Crippen molar-refractivity contribution in [2.45, 2.75) is 13.0 Å². The predicted octanol–water partition coefficient (Wildman–Crippen LogP) is 1.02. The van der Waals surface area contributed by atoms with Crippen LogP contribution >= 0.6 is 0 Å². The van der Waals surface area contributed by atoms with Crippen molar-refractivity contribution in [3.8, 4) is 0 Å². The smallest absolute Gasteiger partial charge is 0.108 e. The molecule has 0 aliphatic heterocycles. The van der Waals surface area contributed by atoms with Gasteiger partial charge in [-0.3, -0.25) is 4.48 Å². The van der Waals surface area contributed by atoms with Gasteiger partial charge in [-0.1, -0.05) is 60.7 Å². The Hall–Kier alpha value is -1.57. The molecule has 1 atom stereocenters. The Morgan fingerprint density at radius 2 is 1.40 bits per heavy atom. The Kier molecular flexibility index (Phi) is 6.50. The average Bonchev–Trinajstić information content (AvgIpc) is 2.47. The summed E-state index contributed by atoms with van der Waals surface area (Å²) in [7, 11) is 2.24. The lowest BCUT2D eigenvalue weighted by atomic mass is 10.1. The highest BCUT2D eigenvalue weighted by Crippen LogP contribution is 2.14. The highest BCUT2D eigenvalue weighted by molar-refractivity contribution is 5.15. The van der Waals surface area contributed by atoms with Gasteiger partial charge in [0.2, 0.25) is 0 Å². The zero-order valence-corrected chi connectivity index (χ0v) is 12.8. The van der Waals surface area contributed by atoms with Gasteiger partial charge < -0.3 is 12.4 Å². The van der Waals surface area contributed by atoms with Crippen LogP contribution in [0.25, 0.3) is 0 Å². The van der Waals surface area contributed by atoms with E-state index in [0.29, 0.717) is 0 Å². The molecule has 0 heterocycles. The zero-order chi connectivity index (χ0) is 13.6. The molecule has 0 amide bonds. The van der Waals surface area contributed by atoms with Gasteiger partial charge in [0.1, 0.15) is 6.54 Å². The molecule has 0 bridgehead atoms. The first kappa shape index (κ1) is 16.5. The number of benzene rings is 2. The zero-order valence-electron chi connectivity index (χ0n) is 12.0. The third-order valence-electron chi connectivity index (χ3n) is 3.58. The third-order valence-corrected chi connectivity index (χ3v) is 3.58. The van der Waals surface area contributed by atoms with Crippen LogP contribution in [-0.4, -0.2) is 18.1 Å². The first-order valence-corrected chi connectivity index (χ1v) is 6.77. The van der Waals surface area contributed by atoms with Crippen LogP contribution in [0.2, 0.25) is 0 Å². The molecule has 2 aromatic carbocycles. The topological polar surface area (TPSA) is 0 Å². The van der Waals surface area contributed by atoms with E-state index in [0.717, 1.165) is 24.0 Å². The molecule has 0 spiro atoms.